The van der Waals surface area contributed by atoms with Crippen LogP contribution in [-0.2, 0) is 20.9 Å². The number of carbonyl (C=O) groups excluding carboxylic acids is 2. The molecule has 1 fully saturated rings. The minimum absolute atomic E-state index is 0.0669. The summed E-state index contributed by atoms with van der Waals surface area (Å²) in [5, 5.41) is 3.63. The van der Waals surface area contributed by atoms with Gasteiger partial charge in [0.05, 0.1) is 19.8 Å². The lowest BCUT2D eigenvalue weighted by atomic mass is 9.85. The van der Waals surface area contributed by atoms with Crippen molar-refractivity contribution < 1.29 is 19.1 Å². The predicted molar refractivity (Wildman–Crippen MR) is 178 cm³/mol. The lowest BCUT2D eigenvalue weighted by Gasteiger charge is -2.25. The molecule has 1 aliphatic carbocycles. The van der Waals surface area contributed by atoms with Crippen molar-refractivity contribution in [1.82, 2.24) is 5.32 Å². The third kappa shape index (κ3) is 9.59. The van der Waals surface area contributed by atoms with Crippen LogP contribution in [0.25, 0.3) is 11.1 Å². The van der Waals surface area contributed by atoms with E-state index in [4.69, 9.17) is 21.1 Å². The number of aryl methyl sites for hydroxylation is 1. The summed E-state index contributed by atoms with van der Waals surface area (Å²) in [6.07, 6.45) is 11.1. The van der Waals surface area contributed by atoms with Gasteiger partial charge in [0.15, 0.2) is 0 Å². The molecule has 1 N–H and O–H groups in total. The van der Waals surface area contributed by atoms with Crippen molar-refractivity contribution in [2.45, 2.75) is 77.0 Å². The molecule has 0 radical (unpaired) electrons. The monoisotopic (exact) mass is 621 g/mol. The summed E-state index contributed by atoms with van der Waals surface area (Å²) in [7, 11) is 1.35. The molecule has 0 aromatic heterocycles. The average molecular weight is 622 g/mol. The number of methoxy groups -OCH3 is 1. The zero-order chi connectivity index (χ0) is 30.6. The number of carbonyl (C=O) groups is 2. The maximum Gasteiger partial charge on any atom is 0.328 e. The van der Waals surface area contributed by atoms with Crippen LogP contribution >= 0.6 is 23.4 Å². The van der Waals surface area contributed by atoms with Crippen LogP contribution in [0.3, 0.4) is 0 Å². The molecule has 2 atom stereocenters. The third-order valence-corrected chi connectivity index (χ3v) is 9.28. The highest BCUT2D eigenvalue weighted by molar-refractivity contribution is 7.98. The summed E-state index contributed by atoms with van der Waals surface area (Å²) in [6.45, 7) is 2.44. The van der Waals surface area contributed by atoms with Gasteiger partial charge < -0.3 is 14.8 Å². The summed E-state index contributed by atoms with van der Waals surface area (Å²) in [6, 6.07) is 21.1. The number of hydrogen-bond donors (Lipinski definition) is 1. The molecule has 7 heteroatoms. The van der Waals surface area contributed by atoms with Crippen molar-refractivity contribution >= 4 is 35.2 Å². The number of benzene rings is 3. The van der Waals surface area contributed by atoms with Gasteiger partial charge in [-0.25, -0.2) is 4.79 Å². The Morgan fingerprint density at radius 2 is 1.77 bits per heavy atom. The van der Waals surface area contributed by atoms with Gasteiger partial charge in [-0.2, -0.15) is 11.8 Å². The molecule has 230 valence electrons. The maximum atomic E-state index is 13.6. The number of nitrogens with one attached hydrogen (secondary N) is 1. The van der Waals surface area contributed by atoms with Gasteiger partial charge >= 0.3 is 5.97 Å². The first kappa shape index (κ1) is 33.1. The summed E-state index contributed by atoms with van der Waals surface area (Å²) in [4.78, 5) is 26.0. The molecule has 1 unspecified atom stereocenters. The van der Waals surface area contributed by atoms with Gasteiger partial charge in [-0.1, -0.05) is 86.2 Å². The zero-order valence-corrected chi connectivity index (χ0v) is 27.1. The first-order valence-corrected chi connectivity index (χ1v) is 17.1. The molecule has 3 aromatic rings. The SMILES string of the molecule is COC(=O)[C@H](CCSC)NC(=O)c1ccc(COC(CCC2CCCCC2)c2cccc(Cl)c2)cc1-c1ccccc1C. The smallest absolute Gasteiger partial charge is 0.328 e. The number of ether oxygens (including phenoxy) is 2. The van der Waals surface area contributed by atoms with Gasteiger partial charge in [0.25, 0.3) is 5.91 Å². The second-order valence-corrected chi connectivity index (χ2v) is 12.9. The Morgan fingerprint density at radius 3 is 2.49 bits per heavy atom. The van der Waals surface area contributed by atoms with Crippen LogP contribution in [0.2, 0.25) is 5.02 Å². The molecule has 1 amide bonds. The Bertz CT molecular complexity index is 1360. The fraction of sp³-hybridized carbons (Fsp3) is 0.444. The van der Waals surface area contributed by atoms with Crippen molar-refractivity contribution in [2.75, 3.05) is 19.1 Å². The van der Waals surface area contributed by atoms with Gasteiger partial charge in [0, 0.05) is 10.6 Å². The van der Waals surface area contributed by atoms with E-state index in [1.807, 2.05) is 73.8 Å². The largest absolute Gasteiger partial charge is 0.467 e. The molecular weight excluding hydrogens is 578 g/mol. The quantitative estimate of drug-likeness (QED) is 0.182. The number of hydrogen-bond acceptors (Lipinski definition) is 5. The number of halogens is 1. The van der Waals surface area contributed by atoms with Crippen LogP contribution in [-0.4, -0.2) is 37.0 Å². The Hall–Kier alpha value is -2.80. The van der Waals surface area contributed by atoms with E-state index in [9.17, 15) is 9.59 Å². The Balaban J connectivity index is 1.58. The first-order chi connectivity index (χ1) is 20.9. The molecule has 43 heavy (non-hydrogen) atoms. The van der Waals surface area contributed by atoms with E-state index in [1.165, 1.54) is 39.2 Å². The third-order valence-electron chi connectivity index (χ3n) is 8.40. The van der Waals surface area contributed by atoms with Gasteiger partial charge in [0.2, 0.25) is 0 Å². The second kappa shape index (κ2) is 16.9. The lowest BCUT2D eigenvalue weighted by molar-refractivity contribution is -0.142. The molecule has 0 aliphatic heterocycles. The van der Waals surface area contributed by atoms with E-state index in [2.05, 4.69) is 11.4 Å². The zero-order valence-electron chi connectivity index (χ0n) is 25.6. The van der Waals surface area contributed by atoms with Crippen molar-refractivity contribution in [3.63, 3.8) is 0 Å². The van der Waals surface area contributed by atoms with Gasteiger partial charge in [0.1, 0.15) is 6.04 Å². The summed E-state index contributed by atoms with van der Waals surface area (Å²) < 4.78 is 11.6. The predicted octanol–water partition coefficient (Wildman–Crippen LogP) is 8.96. The van der Waals surface area contributed by atoms with E-state index < -0.39 is 12.0 Å². The van der Waals surface area contributed by atoms with Gasteiger partial charge in [-0.15, -0.1) is 0 Å². The summed E-state index contributed by atoms with van der Waals surface area (Å²) >= 11 is 8.00. The van der Waals surface area contributed by atoms with Crippen LogP contribution in [0.5, 0.6) is 0 Å². The van der Waals surface area contributed by atoms with Crippen LogP contribution in [0, 0.1) is 12.8 Å². The van der Waals surface area contributed by atoms with E-state index in [0.29, 0.717) is 23.6 Å². The molecule has 4 rings (SSSR count). The highest BCUT2D eigenvalue weighted by Gasteiger charge is 2.24. The van der Waals surface area contributed by atoms with Crippen molar-refractivity contribution in [3.8, 4) is 11.1 Å². The first-order valence-electron chi connectivity index (χ1n) is 15.3. The molecule has 0 bridgehead atoms. The number of thioether (sulfide) groups is 1. The fourth-order valence-electron chi connectivity index (χ4n) is 5.95. The minimum atomic E-state index is -0.708. The van der Waals surface area contributed by atoms with Crippen LogP contribution < -0.4 is 5.32 Å². The number of amides is 1. The molecule has 0 spiro atoms. The van der Waals surface area contributed by atoms with Crippen LogP contribution in [0.1, 0.15) is 84.5 Å². The number of esters is 1. The normalized spacial score (nSPS) is 15.1. The van der Waals surface area contributed by atoms with Crippen molar-refractivity contribution in [2.24, 2.45) is 5.92 Å². The molecule has 3 aromatic carbocycles. The molecule has 1 saturated carbocycles. The Labute approximate surface area is 266 Å². The average Bonchev–Trinajstić information content (AvgIpc) is 3.03. The molecule has 0 saturated heterocycles. The van der Waals surface area contributed by atoms with E-state index in [0.717, 1.165) is 52.3 Å². The van der Waals surface area contributed by atoms with Crippen LogP contribution in [0.15, 0.2) is 66.7 Å². The standard InChI is InChI=1S/C36H44ClNO4S/c1-25-10-7-8-15-30(25)32-22-27(16-18-31(32)35(39)38-33(20-21-43-3)36(40)41-2)24-42-34(28-13-9-14-29(37)23-28)19-17-26-11-5-4-6-12-26/h7-10,13-16,18,22-23,26,33-34H,4-6,11-12,17,19-21,24H2,1-3H3,(H,38,39)/t33-,34?/m0/s1. The highest BCUT2D eigenvalue weighted by atomic mass is 35.5. The molecule has 1 aliphatic rings. The summed E-state index contributed by atoms with van der Waals surface area (Å²) in [5.41, 5.74) is 5.43. The Morgan fingerprint density at radius 1 is 0.977 bits per heavy atom. The topological polar surface area (TPSA) is 64.6 Å². The molecule has 0 heterocycles. The van der Waals surface area contributed by atoms with E-state index in [-0.39, 0.29) is 12.0 Å². The van der Waals surface area contributed by atoms with E-state index >= 15 is 0 Å². The number of rotatable bonds is 14. The fourth-order valence-corrected chi connectivity index (χ4v) is 6.62. The highest BCUT2D eigenvalue weighted by Crippen LogP contribution is 2.34. The lowest BCUT2D eigenvalue weighted by Crippen LogP contribution is -2.42. The molecular formula is C36H44ClNO4S. The van der Waals surface area contributed by atoms with Crippen LogP contribution in [0.4, 0.5) is 0 Å². The molecule has 5 nitrogen and oxygen atoms in total. The van der Waals surface area contributed by atoms with Crippen molar-refractivity contribution in [1.29, 1.82) is 0 Å². The minimum Gasteiger partial charge on any atom is -0.467 e. The Kier molecular flexibility index (Phi) is 13.0. The van der Waals surface area contributed by atoms with E-state index in [1.54, 1.807) is 11.8 Å². The second-order valence-electron chi connectivity index (χ2n) is 11.5. The maximum absolute atomic E-state index is 13.6. The van der Waals surface area contributed by atoms with Gasteiger partial charge in [-0.05, 0) is 96.2 Å². The van der Waals surface area contributed by atoms with Crippen molar-refractivity contribution in [3.05, 3.63) is 94.0 Å². The van der Waals surface area contributed by atoms with Gasteiger partial charge in [-0.3, -0.25) is 4.79 Å². The summed E-state index contributed by atoms with van der Waals surface area (Å²) in [5.74, 6) is 0.751.